The number of benzene rings is 1. The van der Waals surface area contributed by atoms with E-state index in [4.69, 9.17) is 0 Å². The van der Waals surface area contributed by atoms with E-state index >= 15 is 0 Å². The first-order valence-electron chi connectivity index (χ1n) is 8.83. The molecule has 0 unspecified atom stereocenters. The summed E-state index contributed by atoms with van der Waals surface area (Å²) in [5.41, 5.74) is -0.480. The van der Waals surface area contributed by atoms with E-state index in [-0.39, 0.29) is 18.0 Å². The first-order chi connectivity index (χ1) is 13.7. The summed E-state index contributed by atoms with van der Waals surface area (Å²) in [4.78, 5) is 31.2. The lowest BCUT2D eigenvalue weighted by atomic mass is 10.2. The molecule has 1 aliphatic heterocycles. The zero-order valence-corrected chi connectivity index (χ0v) is 15.2. The Kier molecular flexibility index (Phi) is 6.12. The Morgan fingerprint density at radius 1 is 1.00 bits per heavy atom. The number of hydrogen-bond acceptors (Lipinski definition) is 4. The van der Waals surface area contributed by atoms with Gasteiger partial charge in [0.2, 0.25) is 5.91 Å². The van der Waals surface area contributed by atoms with E-state index in [9.17, 15) is 27.2 Å². The third-order valence-corrected chi connectivity index (χ3v) is 4.46. The number of carbonyl (C=O) groups excluding carboxylic acids is 2. The van der Waals surface area contributed by atoms with Crippen LogP contribution in [-0.2, 0) is 11.0 Å². The summed E-state index contributed by atoms with van der Waals surface area (Å²) >= 11 is 0. The standard InChI is InChI=1S/C19H18F4N4O2/c20-14-2-4-15(5-3-14)25-17(28)12-26-7-9-27(10-8-26)18(29)13-1-6-16(24-11-13)19(21,22)23/h1-6,11H,7-10,12H2,(H,25,28). The molecule has 2 amide bonds. The van der Waals surface area contributed by atoms with Crippen molar-refractivity contribution in [2.45, 2.75) is 6.18 Å². The fraction of sp³-hybridized carbons (Fsp3) is 0.316. The summed E-state index contributed by atoms with van der Waals surface area (Å²) in [6.45, 7) is 1.67. The second-order valence-electron chi connectivity index (χ2n) is 6.55. The maximum absolute atomic E-state index is 12.9. The van der Waals surface area contributed by atoms with Crippen molar-refractivity contribution in [3.63, 3.8) is 0 Å². The van der Waals surface area contributed by atoms with Crippen molar-refractivity contribution in [2.75, 3.05) is 38.0 Å². The number of piperazine rings is 1. The van der Waals surface area contributed by atoms with Gasteiger partial charge in [0, 0.05) is 38.1 Å². The van der Waals surface area contributed by atoms with Crippen LogP contribution in [0, 0.1) is 5.82 Å². The normalized spacial score (nSPS) is 15.2. The van der Waals surface area contributed by atoms with E-state index < -0.39 is 23.6 Å². The van der Waals surface area contributed by atoms with Crippen molar-refractivity contribution >= 4 is 17.5 Å². The third kappa shape index (κ3) is 5.50. The molecule has 2 heterocycles. The van der Waals surface area contributed by atoms with Crippen molar-refractivity contribution < 1.29 is 27.2 Å². The Hall–Kier alpha value is -3.01. The van der Waals surface area contributed by atoms with E-state index in [1.807, 2.05) is 4.90 Å². The van der Waals surface area contributed by atoms with Gasteiger partial charge in [0.15, 0.2) is 0 Å². The highest BCUT2D eigenvalue weighted by atomic mass is 19.4. The highest BCUT2D eigenvalue weighted by Gasteiger charge is 2.32. The average Bonchev–Trinajstić information content (AvgIpc) is 2.69. The number of rotatable bonds is 4. The number of anilines is 1. The van der Waals surface area contributed by atoms with Gasteiger partial charge in [0.1, 0.15) is 11.5 Å². The van der Waals surface area contributed by atoms with Crippen LogP contribution in [0.4, 0.5) is 23.2 Å². The Labute approximate surface area is 164 Å². The number of nitrogens with zero attached hydrogens (tertiary/aromatic N) is 3. The third-order valence-electron chi connectivity index (χ3n) is 4.46. The molecule has 1 aliphatic rings. The van der Waals surface area contributed by atoms with E-state index in [0.29, 0.717) is 31.9 Å². The summed E-state index contributed by atoms with van der Waals surface area (Å²) in [5, 5.41) is 2.67. The molecule has 29 heavy (non-hydrogen) atoms. The van der Waals surface area contributed by atoms with Crippen molar-refractivity contribution in [2.24, 2.45) is 0 Å². The van der Waals surface area contributed by atoms with Gasteiger partial charge < -0.3 is 10.2 Å². The van der Waals surface area contributed by atoms with Crippen LogP contribution in [0.15, 0.2) is 42.6 Å². The number of alkyl halides is 3. The topological polar surface area (TPSA) is 65.5 Å². The Balaban J connectivity index is 1.49. The molecule has 3 rings (SSSR count). The summed E-state index contributed by atoms with van der Waals surface area (Å²) in [6, 6.07) is 7.31. The van der Waals surface area contributed by atoms with Crippen molar-refractivity contribution in [3.8, 4) is 0 Å². The molecule has 1 aromatic heterocycles. The Bertz CT molecular complexity index is 861. The van der Waals surface area contributed by atoms with Crippen LogP contribution >= 0.6 is 0 Å². The molecule has 0 saturated carbocycles. The first-order valence-corrected chi connectivity index (χ1v) is 8.83. The molecular formula is C19H18F4N4O2. The molecule has 0 spiro atoms. The van der Waals surface area contributed by atoms with Gasteiger partial charge in [-0.3, -0.25) is 19.5 Å². The monoisotopic (exact) mass is 410 g/mol. The zero-order chi connectivity index (χ0) is 21.0. The van der Waals surface area contributed by atoms with Crippen LogP contribution in [0.3, 0.4) is 0 Å². The van der Waals surface area contributed by atoms with Gasteiger partial charge in [-0.2, -0.15) is 13.2 Å². The number of aromatic nitrogens is 1. The van der Waals surface area contributed by atoms with Gasteiger partial charge >= 0.3 is 6.18 Å². The maximum atomic E-state index is 12.9. The molecule has 6 nitrogen and oxygen atoms in total. The van der Waals surface area contributed by atoms with Crippen LogP contribution in [0.5, 0.6) is 0 Å². The summed E-state index contributed by atoms with van der Waals surface area (Å²) in [6.07, 6.45) is -3.63. The number of pyridine rings is 1. The second-order valence-corrected chi connectivity index (χ2v) is 6.55. The zero-order valence-electron chi connectivity index (χ0n) is 15.2. The quantitative estimate of drug-likeness (QED) is 0.788. The Morgan fingerprint density at radius 2 is 1.66 bits per heavy atom. The van der Waals surface area contributed by atoms with E-state index in [1.54, 1.807) is 0 Å². The van der Waals surface area contributed by atoms with Gasteiger partial charge in [0.25, 0.3) is 5.91 Å². The van der Waals surface area contributed by atoms with Gasteiger partial charge in [-0.25, -0.2) is 4.39 Å². The highest BCUT2D eigenvalue weighted by Crippen LogP contribution is 2.27. The van der Waals surface area contributed by atoms with Crippen LogP contribution in [-0.4, -0.2) is 59.3 Å². The fourth-order valence-corrected chi connectivity index (χ4v) is 2.92. The molecule has 1 saturated heterocycles. The smallest absolute Gasteiger partial charge is 0.336 e. The first kappa shape index (κ1) is 20.7. The molecule has 0 aliphatic carbocycles. The lowest BCUT2D eigenvalue weighted by Crippen LogP contribution is -2.50. The van der Waals surface area contributed by atoms with Crippen molar-refractivity contribution in [1.82, 2.24) is 14.8 Å². The molecule has 10 heteroatoms. The van der Waals surface area contributed by atoms with Gasteiger partial charge in [-0.1, -0.05) is 0 Å². The molecular weight excluding hydrogens is 392 g/mol. The number of hydrogen-bond donors (Lipinski definition) is 1. The SMILES string of the molecule is O=C(CN1CCN(C(=O)c2ccc(C(F)(F)F)nc2)CC1)Nc1ccc(F)cc1. The van der Waals surface area contributed by atoms with Crippen molar-refractivity contribution in [1.29, 1.82) is 0 Å². The summed E-state index contributed by atoms with van der Waals surface area (Å²) < 4.78 is 50.6. The molecule has 1 fully saturated rings. The molecule has 0 bridgehead atoms. The Morgan fingerprint density at radius 3 is 2.21 bits per heavy atom. The minimum atomic E-state index is -4.55. The van der Waals surface area contributed by atoms with Crippen LogP contribution in [0.1, 0.15) is 16.1 Å². The predicted molar refractivity (Wildman–Crippen MR) is 96.6 cm³/mol. The van der Waals surface area contributed by atoms with Gasteiger partial charge in [-0.05, 0) is 36.4 Å². The number of nitrogens with one attached hydrogen (secondary N) is 1. The lowest BCUT2D eigenvalue weighted by molar-refractivity contribution is -0.141. The molecule has 1 aromatic carbocycles. The average molecular weight is 410 g/mol. The lowest BCUT2D eigenvalue weighted by Gasteiger charge is -2.34. The molecule has 154 valence electrons. The fourth-order valence-electron chi connectivity index (χ4n) is 2.92. The predicted octanol–water partition coefficient (Wildman–Crippen LogP) is 2.64. The molecule has 0 atom stereocenters. The molecule has 1 N–H and O–H groups in total. The summed E-state index contributed by atoms with van der Waals surface area (Å²) in [5.74, 6) is -1.06. The largest absolute Gasteiger partial charge is 0.433 e. The minimum absolute atomic E-state index is 0.0838. The van der Waals surface area contributed by atoms with Crippen LogP contribution in [0.2, 0.25) is 0 Å². The van der Waals surface area contributed by atoms with Crippen molar-refractivity contribution in [3.05, 3.63) is 59.7 Å². The second kappa shape index (κ2) is 8.56. The van der Waals surface area contributed by atoms with Gasteiger partial charge in [-0.15, -0.1) is 0 Å². The molecule has 0 radical (unpaired) electrons. The van der Waals surface area contributed by atoms with Crippen LogP contribution < -0.4 is 5.32 Å². The summed E-state index contributed by atoms with van der Waals surface area (Å²) in [7, 11) is 0. The minimum Gasteiger partial charge on any atom is -0.336 e. The number of carbonyl (C=O) groups is 2. The maximum Gasteiger partial charge on any atom is 0.433 e. The van der Waals surface area contributed by atoms with Crippen LogP contribution in [0.25, 0.3) is 0 Å². The van der Waals surface area contributed by atoms with E-state index in [2.05, 4.69) is 10.3 Å². The van der Waals surface area contributed by atoms with Gasteiger partial charge in [0.05, 0.1) is 12.1 Å². The number of halogens is 4. The number of amides is 2. The molecule has 2 aromatic rings. The van der Waals surface area contributed by atoms with E-state index in [0.717, 1.165) is 18.3 Å². The van der Waals surface area contributed by atoms with E-state index in [1.165, 1.54) is 29.2 Å². The highest BCUT2D eigenvalue weighted by molar-refractivity contribution is 5.94.